The molecule has 3 amide bonds. The maximum Gasteiger partial charge on any atom is 0.265 e. The van der Waals surface area contributed by atoms with Crippen LogP contribution in [0.1, 0.15) is 39.5 Å². The fourth-order valence-corrected chi connectivity index (χ4v) is 4.95. The van der Waals surface area contributed by atoms with Gasteiger partial charge in [0.05, 0.1) is 12.2 Å². The van der Waals surface area contributed by atoms with Crippen molar-refractivity contribution in [2.45, 2.75) is 25.9 Å². The average molecular weight is 422 g/mol. The van der Waals surface area contributed by atoms with E-state index in [1.165, 1.54) is 16.7 Å². The molecule has 5 rings (SSSR count). The lowest BCUT2D eigenvalue weighted by Gasteiger charge is -2.45. The van der Waals surface area contributed by atoms with Crippen LogP contribution in [0, 0.1) is 6.92 Å². The van der Waals surface area contributed by atoms with Gasteiger partial charge in [0, 0.05) is 23.6 Å². The number of anilines is 1. The summed E-state index contributed by atoms with van der Waals surface area (Å²) in [6.07, 6.45) is 0. The van der Waals surface area contributed by atoms with Gasteiger partial charge in [0.1, 0.15) is 0 Å². The molecule has 0 fully saturated rings. The smallest absolute Gasteiger partial charge is 0.265 e. The third-order valence-electron chi connectivity index (χ3n) is 6.34. The van der Waals surface area contributed by atoms with Crippen LogP contribution in [0.25, 0.3) is 5.57 Å². The molecule has 5 heteroatoms. The predicted molar refractivity (Wildman–Crippen MR) is 123 cm³/mol. The average Bonchev–Trinajstić information content (AvgIpc) is 3.05. The zero-order chi connectivity index (χ0) is 22.6. The van der Waals surface area contributed by atoms with E-state index in [-0.39, 0.29) is 18.4 Å². The summed E-state index contributed by atoms with van der Waals surface area (Å²) in [6.45, 7) is 7.82. The molecule has 2 heterocycles. The Morgan fingerprint density at radius 3 is 2.34 bits per heavy atom. The Morgan fingerprint density at radius 1 is 0.938 bits per heavy atom. The number of carbonyl (C=O) groups is 3. The molecular weight excluding hydrogens is 400 g/mol. The first-order valence-corrected chi connectivity index (χ1v) is 10.5. The number of carbonyl (C=O) groups excluding carboxylic acids is 3. The van der Waals surface area contributed by atoms with Crippen LogP contribution in [0.5, 0.6) is 0 Å². The van der Waals surface area contributed by atoms with Gasteiger partial charge < -0.3 is 0 Å². The molecule has 0 bridgehead atoms. The molecule has 1 atom stereocenters. The molecule has 158 valence electrons. The van der Waals surface area contributed by atoms with Gasteiger partial charge in [-0.05, 0) is 36.3 Å². The van der Waals surface area contributed by atoms with E-state index in [4.69, 9.17) is 0 Å². The first-order valence-electron chi connectivity index (χ1n) is 10.5. The molecular formula is C27H22N2O3. The molecule has 2 aliphatic rings. The van der Waals surface area contributed by atoms with Crippen LogP contribution < -0.4 is 4.90 Å². The van der Waals surface area contributed by atoms with E-state index in [1.807, 2.05) is 55.5 Å². The highest BCUT2D eigenvalue weighted by atomic mass is 16.2. The summed E-state index contributed by atoms with van der Waals surface area (Å²) in [4.78, 5) is 43.5. The summed E-state index contributed by atoms with van der Waals surface area (Å²) >= 11 is 0. The molecule has 1 spiro atoms. The van der Waals surface area contributed by atoms with Crippen molar-refractivity contribution in [2.24, 2.45) is 0 Å². The number of rotatable bonds is 2. The quantitative estimate of drug-likeness (QED) is 0.573. The minimum absolute atomic E-state index is 0.114. The Morgan fingerprint density at radius 2 is 1.62 bits per heavy atom. The molecule has 1 unspecified atom stereocenters. The van der Waals surface area contributed by atoms with Gasteiger partial charge in [0.2, 0.25) is 5.91 Å². The first-order chi connectivity index (χ1) is 15.4. The van der Waals surface area contributed by atoms with E-state index in [9.17, 15) is 14.4 Å². The second-order valence-corrected chi connectivity index (χ2v) is 8.29. The lowest BCUT2D eigenvalue weighted by molar-refractivity contribution is -0.135. The Balaban J connectivity index is 1.79. The van der Waals surface area contributed by atoms with Gasteiger partial charge in [0.25, 0.3) is 11.8 Å². The monoisotopic (exact) mass is 422 g/mol. The van der Waals surface area contributed by atoms with E-state index in [2.05, 4.69) is 6.58 Å². The summed E-state index contributed by atoms with van der Waals surface area (Å²) in [7, 11) is 0. The molecule has 0 saturated heterocycles. The number of hydrogen-bond acceptors (Lipinski definition) is 3. The molecule has 3 aromatic rings. The van der Waals surface area contributed by atoms with Gasteiger partial charge in [0.15, 0.2) is 5.54 Å². The Kier molecular flexibility index (Phi) is 4.38. The van der Waals surface area contributed by atoms with Crippen LogP contribution in [0.15, 0.2) is 79.4 Å². The van der Waals surface area contributed by atoms with Crippen molar-refractivity contribution in [3.8, 4) is 0 Å². The van der Waals surface area contributed by atoms with Crippen molar-refractivity contribution in [2.75, 3.05) is 4.90 Å². The highest BCUT2D eigenvalue weighted by Crippen LogP contribution is 2.55. The number of aryl methyl sites for hydroxylation is 1. The maximum absolute atomic E-state index is 14.3. The van der Waals surface area contributed by atoms with Gasteiger partial charge in [-0.2, -0.15) is 0 Å². The molecule has 0 saturated carbocycles. The van der Waals surface area contributed by atoms with Crippen molar-refractivity contribution in [1.29, 1.82) is 0 Å². The van der Waals surface area contributed by atoms with Crippen molar-refractivity contribution < 1.29 is 14.4 Å². The summed E-state index contributed by atoms with van der Waals surface area (Å²) in [5.41, 5.74) is 3.11. The maximum atomic E-state index is 14.3. The van der Waals surface area contributed by atoms with E-state index >= 15 is 0 Å². The van der Waals surface area contributed by atoms with E-state index in [1.54, 1.807) is 24.3 Å². The zero-order valence-electron chi connectivity index (χ0n) is 18.0. The molecule has 2 aliphatic heterocycles. The standard InChI is InChI=1S/C27H22N2O3/c1-17-13-14-24-22(15-17)18(2)27(29(24)19(3)30)23-12-8-7-11-21(23)25(31)28(26(27)32)16-20-9-5-4-6-10-20/h4-15H,2,16H2,1,3H3. The van der Waals surface area contributed by atoms with Gasteiger partial charge >= 0.3 is 0 Å². The van der Waals surface area contributed by atoms with Crippen molar-refractivity contribution in [3.63, 3.8) is 0 Å². The fraction of sp³-hybridized carbons (Fsp3) is 0.148. The lowest BCUT2D eigenvalue weighted by atomic mass is 9.75. The van der Waals surface area contributed by atoms with Crippen molar-refractivity contribution in [1.82, 2.24) is 4.90 Å². The molecule has 0 radical (unpaired) electrons. The third-order valence-corrected chi connectivity index (χ3v) is 6.34. The summed E-state index contributed by atoms with van der Waals surface area (Å²) in [5.74, 6) is -1.12. The van der Waals surface area contributed by atoms with E-state index in [0.717, 1.165) is 16.7 Å². The summed E-state index contributed by atoms with van der Waals surface area (Å²) in [5, 5.41) is 0. The summed E-state index contributed by atoms with van der Waals surface area (Å²) in [6, 6.07) is 22.1. The highest BCUT2D eigenvalue weighted by Gasteiger charge is 2.61. The van der Waals surface area contributed by atoms with Crippen LogP contribution in [0.4, 0.5) is 5.69 Å². The van der Waals surface area contributed by atoms with Crippen LogP contribution >= 0.6 is 0 Å². The minimum Gasteiger partial charge on any atom is -0.288 e. The number of hydrogen-bond donors (Lipinski definition) is 0. The van der Waals surface area contributed by atoms with Crippen LogP contribution in [-0.2, 0) is 21.7 Å². The second-order valence-electron chi connectivity index (χ2n) is 8.29. The van der Waals surface area contributed by atoms with Gasteiger partial charge in [-0.25, -0.2) is 0 Å². The highest BCUT2D eigenvalue weighted by molar-refractivity contribution is 6.24. The van der Waals surface area contributed by atoms with E-state index in [0.29, 0.717) is 22.4 Å². The van der Waals surface area contributed by atoms with Crippen LogP contribution in [-0.4, -0.2) is 22.6 Å². The number of nitrogens with zero attached hydrogens (tertiary/aromatic N) is 2. The predicted octanol–water partition coefficient (Wildman–Crippen LogP) is 4.45. The van der Waals surface area contributed by atoms with Gasteiger partial charge in [-0.3, -0.25) is 24.2 Å². The molecule has 0 aromatic heterocycles. The third kappa shape index (κ3) is 2.54. The van der Waals surface area contributed by atoms with Crippen LogP contribution in [0.3, 0.4) is 0 Å². The normalized spacial score (nSPS) is 19.4. The SMILES string of the molecule is C=C1c2cc(C)ccc2N(C(C)=O)C12C(=O)N(Cc1ccccc1)C(=O)c1ccccc12. The number of benzene rings is 3. The second kappa shape index (κ2) is 7.02. The van der Waals surface area contributed by atoms with Gasteiger partial charge in [-0.15, -0.1) is 0 Å². The lowest BCUT2D eigenvalue weighted by Crippen LogP contribution is -2.61. The van der Waals surface area contributed by atoms with Crippen LogP contribution in [0.2, 0.25) is 0 Å². The van der Waals surface area contributed by atoms with Crippen molar-refractivity contribution >= 4 is 29.0 Å². The Labute approximate surface area is 186 Å². The van der Waals surface area contributed by atoms with Gasteiger partial charge in [-0.1, -0.05) is 66.7 Å². The zero-order valence-corrected chi connectivity index (χ0v) is 18.0. The van der Waals surface area contributed by atoms with Crippen molar-refractivity contribution in [3.05, 3.63) is 107 Å². The largest absolute Gasteiger partial charge is 0.288 e. The topological polar surface area (TPSA) is 57.7 Å². The summed E-state index contributed by atoms with van der Waals surface area (Å²) < 4.78 is 0. The fourth-order valence-electron chi connectivity index (χ4n) is 4.95. The minimum atomic E-state index is -1.50. The molecule has 32 heavy (non-hydrogen) atoms. The Bertz CT molecular complexity index is 1310. The Hall–Kier alpha value is -3.99. The number of amides is 3. The molecule has 0 aliphatic carbocycles. The molecule has 3 aromatic carbocycles. The number of fused-ring (bicyclic) bond motifs is 3. The molecule has 5 nitrogen and oxygen atoms in total. The first kappa shape index (κ1) is 19.9. The van der Waals surface area contributed by atoms with E-state index < -0.39 is 11.4 Å². The number of imide groups is 1. The molecule has 0 N–H and O–H groups in total.